The number of aromatic nitrogens is 1. The minimum atomic E-state index is -0.317. The van der Waals surface area contributed by atoms with E-state index in [1.807, 2.05) is 32.0 Å². The van der Waals surface area contributed by atoms with Gasteiger partial charge in [0.25, 0.3) is 11.8 Å². The topological polar surface area (TPSA) is 71.1 Å². The van der Waals surface area contributed by atoms with E-state index in [4.69, 9.17) is 0 Å². The highest BCUT2D eigenvalue weighted by molar-refractivity contribution is 6.03. The summed E-state index contributed by atoms with van der Waals surface area (Å²) in [5.41, 5.74) is 3.52. The Morgan fingerprint density at radius 1 is 0.889 bits per heavy atom. The molecule has 1 saturated carbocycles. The van der Waals surface area contributed by atoms with Crippen LogP contribution in [0.4, 0.5) is 5.69 Å². The molecule has 0 atom stereocenters. The third kappa shape index (κ3) is 5.16. The van der Waals surface area contributed by atoms with Crippen LogP contribution in [0.15, 0.2) is 36.4 Å². The number of carbonyl (C=O) groups excluding carboxylic acids is 2. The minimum Gasteiger partial charge on any atom is -0.348 e. The summed E-state index contributed by atoms with van der Waals surface area (Å²) in [5.74, 6) is -0.523. The SMILES string of the molecule is Cc1ccc(NC(=O)c2cccc(C(=O)NC3CCCCCC3)n2)cc1C. The number of nitrogens with one attached hydrogen (secondary N) is 2. The second-order valence-corrected chi connectivity index (χ2v) is 7.32. The lowest BCUT2D eigenvalue weighted by Crippen LogP contribution is -2.35. The van der Waals surface area contributed by atoms with Crippen LogP contribution in [0.25, 0.3) is 0 Å². The van der Waals surface area contributed by atoms with Crippen molar-refractivity contribution in [2.24, 2.45) is 0 Å². The van der Waals surface area contributed by atoms with Crippen molar-refractivity contribution in [3.05, 3.63) is 58.9 Å². The number of benzene rings is 1. The van der Waals surface area contributed by atoms with Gasteiger partial charge < -0.3 is 10.6 Å². The number of hydrogen-bond donors (Lipinski definition) is 2. The molecule has 1 aliphatic rings. The highest BCUT2D eigenvalue weighted by Gasteiger charge is 2.18. The highest BCUT2D eigenvalue weighted by atomic mass is 16.2. The molecule has 5 nitrogen and oxygen atoms in total. The summed E-state index contributed by atoms with van der Waals surface area (Å²) < 4.78 is 0. The molecule has 2 N–H and O–H groups in total. The molecule has 3 rings (SSSR count). The third-order valence-electron chi connectivity index (χ3n) is 5.17. The summed E-state index contributed by atoms with van der Waals surface area (Å²) in [6, 6.07) is 10.9. The maximum Gasteiger partial charge on any atom is 0.274 e. The van der Waals surface area contributed by atoms with Crippen molar-refractivity contribution in [1.82, 2.24) is 10.3 Å². The highest BCUT2D eigenvalue weighted by Crippen LogP contribution is 2.18. The normalized spacial score (nSPS) is 15.0. The van der Waals surface area contributed by atoms with Gasteiger partial charge in [0, 0.05) is 11.7 Å². The quantitative estimate of drug-likeness (QED) is 0.789. The summed E-state index contributed by atoms with van der Waals surface area (Å²) in [6.07, 6.45) is 6.79. The summed E-state index contributed by atoms with van der Waals surface area (Å²) in [7, 11) is 0. The molecular formula is C22H27N3O2. The molecule has 2 aromatic rings. The zero-order valence-electron chi connectivity index (χ0n) is 16.0. The van der Waals surface area contributed by atoms with E-state index >= 15 is 0 Å². The predicted molar refractivity (Wildman–Crippen MR) is 107 cm³/mol. The van der Waals surface area contributed by atoms with Crippen LogP contribution < -0.4 is 10.6 Å². The maximum atomic E-state index is 12.5. The Labute approximate surface area is 160 Å². The van der Waals surface area contributed by atoms with Crippen molar-refractivity contribution in [1.29, 1.82) is 0 Å². The van der Waals surface area contributed by atoms with Crippen LogP contribution in [0.3, 0.4) is 0 Å². The van der Waals surface area contributed by atoms with Crippen LogP contribution in [0, 0.1) is 13.8 Å². The van der Waals surface area contributed by atoms with E-state index in [1.165, 1.54) is 18.4 Å². The second kappa shape index (κ2) is 8.80. The molecule has 2 amide bonds. The molecule has 1 heterocycles. The maximum absolute atomic E-state index is 12.5. The molecule has 0 bridgehead atoms. The van der Waals surface area contributed by atoms with Crippen molar-refractivity contribution in [3.63, 3.8) is 0 Å². The van der Waals surface area contributed by atoms with Crippen molar-refractivity contribution < 1.29 is 9.59 Å². The number of nitrogens with zero attached hydrogens (tertiary/aromatic N) is 1. The van der Waals surface area contributed by atoms with Crippen LogP contribution in [0.1, 0.15) is 70.6 Å². The molecule has 0 aliphatic heterocycles. The van der Waals surface area contributed by atoms with Crippen molar-refractivity contribution >= 4 is 17.5 Å². The first-order valence-electron chi connectivity index (χ1n) is 9.69. The van der Waals surface area contributed by atoms with Gasteiger partial charge in [-0.2, -0.15) is 0 Å². The lowest BCUT2D eigenvalue weighted by atomic mass is 10.1. The molecule has 27 heavy (non-hydrogen) atoms. The van der Waals surface area contributed by atoms with E-state index in [0.717, 1.165) is 36.9 Å². The Bertz CT molecular complexity index is 824. The number of anilines is 1. The smallest absolute Gasteiger partial charge is 0.274 e. The number of pyridine rings is 1. The van der Waals surface area contributed by atoms with Gasteiger partial charge in [-0.05, 0) is 62.1 Å². The molecule has 0 unspecified atom stereocenters. The lowest BCUT2D eigenvalue weighted by Gasteiger charge is -2.16. The monoisotopic (exact) mass is 365 g/mol. The fourth-order valence-corrected chi connectivity index (χ4v) is 3.38. The molecule has 142 valence electrons. The van der Waals surface area contributed by atoms with E-state index in [9.17, 15) is 9.59 Å². The standard InChI is InChI=1S/C22H27N3O2/c1-15-12-13-18(14-16(15)2)24-22(27)20-11-7-10-19(25-20)21(26)23-17-8-5-3-4-6-9-17/h7,10-14,17H,3-6,8-9H2,1-2H3,(H,23,26)(H,24,27). The molecule has 0 radical (unpaired) electrons. The van der Waals surface area contributed by atoms with Gasteiger partial charge in [0.1, 0.15) is 11.4 Å². The third-order valence-corrected chi connectivity index (χ3v) is 5.17. The summed E-state index contributed by atoms with van der Waals surface area (Å²) in [5, 5.41) is 5.92. The van der Waals surface area contributed by atoms with Crippen LogP contribution in [-0.4, -0.2) is 22.8 Å². The van der Waals surface area contributed by atoms with Gasteiger partial charge in [-0.1, -0.05) is 37.8 Å². The average molecular weight is 365 g/mol. The molecule has 1 aromatic heterocycles. The number of rotatable bonds is 4. The van der Waals surface area contributed by atoms with Gasteiger partial charge in [0.05, 0.1) is 0 Å². The summed E-state index contributed by atoms with van der Waals surface area (Å²) in [4.78, 5) is 29.3. The molecule has 0 saturated heterocycles. The summed E-state index contributed by atoms with van der Waals surface area (Å²) in [6.45, 7) is 4.03. The van der Waals surface area contributed by atoms with Crippen molar-refractivity contribution in [2.45, 2.75) is 58.4 Å². The Morgan fingerprint density at radius 3 is 2.22 bits per heavy atom. The largest absolute Gasteiger partial charge is 0.348 e. The average Bonchev–Trinajstić information content (AvgIpc) is 2.93. The van der Waals surface area contributed by atoms with Crippen molar-refractivity contribution in [3.8, 4) is 0 Å². The van der Waals surface area contributed by atoms with Gasteiger partial charge in [0.15, 0.2) is 0 Å². The minimum absolute atomic E-state index is 0.204. The number of amides is 2. The summed E-state index contributed by atoms with van der Waals surface area (Å²) >= 11 is 0. The molecule has 5 heteroatoms. The molecular weight excluding hydrogens is 338 g/mol. The van der Waals surface area contributed by atoms with Gasteiger partial charge in [-0.25, -0.2) is 4.98 Å². The van der Waals surface area contributed by atoms with Crippen LogP contribution in [0.2, 0.25) is 0 Å². The van der Waals surface area contributed by atoms with E-state index in [1.54, 1.807) is 18.2 Å². The zero-order valence-corrected chi connectivity index (χ0v) is 16.0. The Balaban J connectivity index is 1.67. The van der Waals surface area contributed by atoms with E-state index in [2.05, 4.69) is 15.6 Å². The molecule has 1 fully saturated rings. The number of hydrogen-bond acceptors (Lipinski definition) is 3. The van der Waals surface area contributed by atoms with E-state index < -0.39 is 0 Å². The fraction of sp³-hybridized carbons (Fsp3) is 0.409. The Morgan fingerprint density at radius 2 is 1.56 bits per heavy atom. The first-order chi connectivity index (χ1) is 13.0. The van der Waals surface area contributed by atoms with Gasteiger partial charge in [0.2, 0.25) is 0 Å². The Hall–Kier alpha value is -2.69. The van der Waals surface area contributed by atoms with Crippen LogP contribution >= 0.6 is 0 Å². The van der Waals surface area contributed by atoms with Gasteiger partial charge in [-0.3, -0.25) is 9.59 Å². The molecule has 0 spiro atoms. The van der Waals surface area contributed by atoms with Gasteiger partial charge >= 0.3 is 0 Å². The number of aryl methyl sites for hydroxylation is 2. The predicted octanol–water partition coefficient (Wildman–Crippen LogP) is 4.40. The van der Waals surface area contributed by atoms with Crippen LogP contribution in [0.5, 0.6) is 0 Å². The lowest BCUT2D eigenvalue weighted by molar-refractivity contribution is 0.0928. The van der Waals surface area contributed by atoms with Crippen LogP contribution in [-0.2, 0) is 0 Å². The first kappa shape index (κ1) is 19.1. The fourth-order valence-electron chi connectivity index (χ4n) is 3.38. The first-order valence-corrected chi connectivity index (χ1v) is 9.69. The zero-order chi connectivity index (χ0) is 19.2. The van der Waals surface area contributed by atoms with Gasteiger partial charge in [-0.15, -0.1) is 0 Å². The Kier molecular flexibility index (Phi) is 6.22. The van der Waals surface area contributed by atoms with Crippen molar-refractivity contribution in [2.75, 3.05) is 5.32 Å². The number of carbonyl (C=O) groups is 2. The second-order valence-electron chi connectivity index (χ2n) is 7.32. The van der Waals surface area contributed by atoms with E-state index in [-0.39, 0.29) is 29.2 Å². The molecule has 1 aromatic carbocycles. The molecule has 1 aliphatic carbocycles. The van der Waals surface area contributed by atoms with E-state index in [0.29, 0.717) is 0 Å².